The summed E-state index contributed by atoms with van der Waals surface area (Å²) >= 11 is 5.80. The van der Waals surface area contributed by atoms with Crippen molar-refractivity contribution in [1.29, 1.82) is 0 Å². The summed E-state index contributed by atoms with van der Waals surface area (Å²) in [5.41, 5.74) is 0.741. The van der Waals surface area contributed by atoms with Crippen LogP contribution in [0.15, 0.2) is 35.3 Å². The average Bonchev–Trinajstić information content (AvgIpc) is 2.35. The molecule has 100 valence electrons. The minimum atomic E-state index is -1.21. The third kappa shape index (κ3) is 3.15. The molecule has 1 heterocycles. The van der Waals surface area contributed by atoms with E-state index < -0.39 is 11.4 Å². The number of halogens is 1. The molecule has 20 heavy (non-hydrogen) atoms. The van der Waals surface area contributed by atoms with Crippen LogP contribution < -0.4 is 5.43 Å². The Morgan fingerprint density at radius 1 is 1.25 bits per heavy atom. The molecule has 1 aromatic heterocycles. The van der Waals surface area contributed by atoms with Gasteiger partial charge in [-0.3, -0.25) is 4.79 Å². The van der Waals surface area contributed by atoms with E-state index in [1.807, 2.05) is 0 Å². The Morgan fingerprint density at radius 2 is 1.80 bits per heavy atom. The molecule has 4 nitrogen and oxygen atoms in total. The first kappa shape index (κ1) is 17.0. The summed E-state index contributed by atoms with van der Waals surface area (Å²) in [6.45, 7) is 1.61. The summed E-state index contributed by atoms with van der Waals surface area (Å²) in [5.74, 6) is -1.21. The summed E-state index contributed by atoms with van der Waals surface area (Å²) < 4.78 is 1.63. The topological polar surface area (TPSA) is 59.3 Å². The molecule has 1 N–H and O–H groups in total. The quantitative estimate of drug-likeness (QED) is 0.864. The van der Waals surface area contributed by atoms with Gasteiger partial charge in [0.2, 0.25) is 5.43 Å². The molecule has 0 amide bonds. The van der Waals surface area contributed by atoms with E-state index in [9.17, 15) is 9.59 Å². The molecule has 1 aromatic carbocycles. The molecule has 0 radical (unpaired) electrons. The number of hydrogen-bond donors (Lipinski definition) is 1. The SMILES string of the molecule is Cc1c(C(=O)O)c(=O)c(-c2ccc(Cl)cc2)cn1C.[NaH]. The summed E-state index contributed by atoms with van der Waals surface area (Å²) in [6.07, 6.45) is 1.63. The third-order valence-corrected chi connectivity index (χ3v) is 3.31. The van der Waals surface area contributed by atoms with Crippen LogP contribution in [-0.2, 0) is 7.05 Å². The van der Waals surface area contributed by atoms with Crippen molar-refractivity contribution in [3.8, 4) is 11.1 Å². The van der Waals surface area contributed by atoms with Crippen LogP contribution in [0.25, 0.3) is 11.1 Å². The predicted octanol–water partition coefficient (Wildman–Crippen LogP) is 2.06. The van der Waals surface area contributed by atoms with E-state index >= 15 is 0 Å². The molecule has 2 rings (SSSR count). The van der Waals surface area contributed by atoms with Crippen molar-refractivity contribution in [1.82, 2.24) is 4.57 Å². The molecule has 0 fully saturated rings. The minimum absolute atomic E-state index is 0. The van der Waals surface area contributed by atoms with Crippen LogP contribution >= 0.6 is 11.6 Å². The number of carbonyl (C=O) groups is 1. The number of hydrogen-bond acceptors (Lipinski definition) is 2. The van der Waals surface area contributed by atoms with E-state index in [0.29, 0.717) is 21.8 Å². The van der Waals surface area contributed by atoms with Crippen molar-refractivity contribution < 1.29 is 9.90 Å². The van der Waals surface area contributed by atoms with Gasteiger partial charge in [0, 0.05) is 29.5 Å². The molecule has 0 unspecified atom stereocenters. The second-order valence-electron chi connectivity index (χ2n) is 4.26. The fourth-order valence-electron chi connectivity index (χ4n) is 1.91. The van der Waals surface area contributed by atoms with Crippen LogP contribution in [0.5, 0.6) is 0 Å². The molecule has 0 atom stereocenters. The van der Waals surface area contributed by atoms with Crippen molar-refractivity contribution in [2.24, 2.45) is 7.05 Å². The van der Waals surface area contributed by atoms with Crippen molar-refractivity contribution >= 4 is 47.1 Å². The number of carboxylic acids is 1. The Hall–Kier alpha value is -1.07. The van der Waals surface area contributed by atoms with Crippen molar-refractivity contribution in [2.75, 3.05) is 0 Å². The van der Waals surface area contributed by atoms with Crippen molar-refractivity contribution in [2.45, 2.75) is 6.92 Å². The summed E-state index contributed by atoms with van der Waals surface area (Å²) in [5, 5.41) is 9.71. The molecule has 2 aromatic rings. The molecular formula is C14H13ClNNaO3. The van der Waals surface area contributed by atoms with Gasteiger partial charge in [-0.05, 0) is 24.6 Å². The molecule has 0 saturated carbocycles. The second-order valence-corrected chi connectivity index (χ2v) is 4.69. The molecular weight excluding hydrogens is 289 g/mol. The molecule has 0 saturated heterocycles. The van der Waals surface area contributed by atoms with Crippen LogP contribution in [0.1, 0.15) is 16.1 Å². The van der Waals surface area contributed by atoms with Crippen LogP contribution in [0.4, 0.5) is 0 Å². The van der Waals surface area contributed by atoms with Gasteiger partial charge in [0.1, 0.15) is 5.56 Å². The van der Waals surface area contributed by atoms with Gasteiger partial charge in [-0.1, -0.05) is 23.7 Å². The van der Waals surface area contributed by atoms with Gasteiger partial charge in [-0.15, -0.1) is 0 Å². The fraction of sp³-hybridized carbons (Fsp3) is 0.143. The zero-order chi connectivity index (χ0) is 14.2. The molecule has 0 aliphatic rings. The van der Waals surface area contributed by atoms with E-state index in [1.54, 1.807) is 49.0 Å². The summed E-state index contributed by atoms with van der Waals surface area (Å²) in [4.78, 5) is 23.4. The summed E-state index contributed by atoms with van der Waals surface area (Å²) in [7, 11) is 1.71. The third-order valence-electron chi connectivity index (χ3n) is 3.05. The first-order valence-corrected chi connectivity index (χ1v) is 5.99. The number of nitrogens with zero attached hydrogens (tertiary/aromatic N) is 1. The number of carboxylic acid groups (broad SMARTS) is 1. The van der Waals surface area contributed by atoms with Crippen LogP contribution in [0, 0.1) is 6.92 Å². The van der Waals surface area contributed by atoms with Gasteiger partial charge < -0.3 is 9.67 Å². The Labute approximate surface area is 143 Å². The zero-order valence-electron chi connectivity index (χ0n) is 10.5. The fourth-order valence-corrected chi connectivity index (χ4v) is 2.04. The van der Waals surface area contributed by atoms with Crippen LogP contribution in [0.2, 0.25) is 5.02 Å². The first-order valence-electron chi connectivity index (χ1n) is 5.61. The van der Waals surface area contributed by atoms with Gasteiger partial charge >= 0.3 is 35.5 Å². The molecule has 0 aliphatic heterocycles. The number of aryl methyl sites for hydroxylation is 1. The van der Waals surface area contributed by atoms with Gasteiger partial charge in [-0.2, -0.15) is 0 Å². The molecule has 0 bridgehead atoms. The normalized spacial score (nSPS) is 9.95. The van der Waals surface area contributed by atoms with Gasteiger partial charge in [0.05, 0.1) is 0 Å². The summed E-state index contributed by atoms with van der Waals surface area (Å²) in [6, 6.07) is 6.72. The Bertz CT molecular complexity index is 708. The average molecular weight is 302 g/mol. The van der Waals surface area contributed by atoms with Crippen LogP contribution in [0.3, 0.4) is 0 Å². The predicted molar refractivity (Wildman–Crippen MR) is 81.0 cm³/mol. The molecule has 6 heteroatoms. The zero-order valence-corrected chi connectivity index (χ0v) is 11.2. The van der Waals surface area contributed by atoms with E-state index in [0.717, 1.165) is 0 Å². The molecule has 0 aliphatic carbocycles. The second kappa shape index (κ2) is 6.59. The van der Waals surface area contributed by atoms with Gasteiger partial charge in [0.25, 0.3) is 0 Å². The van der Waals surface area contributed by atoms with Crippen molar-refractivity contribution in [3.63, 3.8) is 0 Å². The van der Waals surface area contributed by atoms with Crippen molar-refractivity contribution in [3.05, 3.63) is 57.0 Å². The number of aromatic nitrogens is 1. The van der Waals surface area contributed by atoms with Gasteiger partial charge in [-0.25, -0.2) is 4.79 Å². The Balaban J connectivity index is 0.00000200. The van der Waals surface area contributed by atoms with E-state index in [4.69, 9.17) is 16.7 Å². The van der Waals surface area contributed by atoms with Gasteiger partial charge in [0.15, 0.2) is 0 Å². The monoisotopic (exact) mass is 301 g/mol. The molecule has 0 spiro atoms. The number of aromatic carboxylic acids is 1. The maximum atomic E-state index is 12.2. The van der Waals surface area contributed by atoms with Crippen LogP contribution in [-0.4, -0.2) is 45.2 Å². The number of pyridine rings is 1. The Morgan fingerprint density at radius 3 is 2.30 bits per heavy atom. The maximum absolute atomic E-state index is 12.2. The van der Waals surface area contributed by atoms with E-state index in [-0.39, 0.29) is 35.1 Å². The first-order chi connectivity index (χ1) is 8.91. The van der Waals surface area contributed by atoms with E-state index in [1.165, 1.54) is 0 Å². The Kier molecular flexibility index (Phi) is 5.59. The standard InChI is InChI=1S/C14H12ClNO3.Na.H/c1-8-12(14(18)19)13(17)11(7-16(8)2)9-3-5-10(15)6-4-9;;/h3-7H,1-2H3,(H,18,19);;. The van der Waals surface area contributed by atoms with E-state index in [2.05, 4.69) is 0 Å². The number of rotatable bonds is 2. The number of benzene rings is 1.